The van der Waals surface area contributed by atoms with Gasteiger partial charge in [0.25, 0.3) is 0 Å². The van der Waals surface area contributed by atoms with Gasteiger partial charge in [-0.3, -0.25) is 5.32 Å². The summed E-state index contributed by atoms with van der Waals surface area (Å²) in [5, 5.41) is 5.69. The molecule has 2 N–H and O–H groups in total. The third kappa shape index (κ3) is 5.77. The Kier molecular flexibility index (Phi) is 6.16. The molecule has 0 bridgehead atoms. The largest absolute Gasteiger partial charge is 0.462 e. The number of aromatic nitrogens is 1. The van der Waals surface area contributed by atoms with E-state index in [-0.39, 0.29) is 0 Å². The van der Waals surface area contributed by atoms with E-state index >= 15 is 0 Å². The maximum Gasteiger partial charge on any atom is 0.413 e. The number of rotatable bonds is 5. The second-order valence-electron chi connectivity index (χ2n) is 6.45. The molecule has 2 aromatic rings. The monoisotopic (exact) mass is 357 g/mol. The molecule has 1 aromatic heterocycles. The fourth-order valence-electron chi connectivity index (χ4n) is 2.08. The first-order valence-electron chi connectivity index (χ1n) is 8.27. The molecule has 138 valence electrons. The number of hydrogen-bond donors (Lipinski definition) is 2. The summed E-state index contributed by atoms with van der Waals surface area (Å²) in [6.45, 7) is 7.42. The van der Waals surface area contributed by atoms with Crippen LogP contribution in [0.1, 0.15) is 38.1 Å². The molecule has 0 saturated heterocycles. The number of benzene rings is 1. The van der Waals surface area contributed by atoms with E-state index in [1.807, 2.05) is 6.07 Å². The van der Waals surface area contributed by atoms with Crippen molar-refractivity contribution in [2.24, 2.45) is 0 Å². The topological polar surface area (TPSA) is 89.6 Å². The molecule has 0 aliphatic carbocycles. The number of carbonyl (C=O) groups is 2. The molecule has 0 radical (unpaired) electrons. The highest BCUT2D eigenvalue weighted by molar-refractivity contribution is 5.96. The predicted octanol–water partition coefficient (Wildman–Crippen LogP) is 4.35. The van der Waals surface area contributed by atoms with E-state index < -0.39 is 17.7 Å². The van der Waals surface area contributed by atoms with Gasteiger partial charge in [-0.05, 0) is 52.0 Å². The zero-order chi connectivity index (χ0) is 19.2. The van der Waals surface area contributed by atoms with Gasteiger partial charge in [0.05, 0.1) is 29.7 Å². The second kappa shape index (κ2) is 8.33. The SMILES string of the molecule is CCOC(=O)c1ccccc1Nc1ccc(NC(=O)OC(C)(C)C)nc1. The number of ether oxygens (including phenoxy) is 2. The molecule has 26 heavy (non-hydrogen) atoms. The van der Waals surface area contributed by atoms with Crippen molar-refractivity contribution in [2.75, 3.05) is 17.2 Å². The number of nitrogens with zero attached hydrogens (tertiary/aromatic N) is 1. The summed E-state index contributed by atoms with van der Waals surface area (Å²) in [6.07, 6.45) is 0.979. The lowest BCUT2D eigenvalue weighted by atomic mass is 10.1. The highest BCUT2D eigenvalue weighted by atomic mass is 16.6. The van der Waals surface area contributed by atoms with Crippen molar-refractivity contribution >= 4 is 29.3 Å². The Bertz CT molecular complexity index is 767. The molecule has 1 heterocycles. The highest BCUT2D eigenvalue weighted by Crippen LogP contribution is 2.22. The van der Waals surface area contributed by atoms with E-state index in [1.54, 1.807) is 64.2 Å². The van der Waals surface area contributed by atoms with Crippen LogP contribution in [0.15, 0.2) is 42.6 Å². The number of nitrogens with one attached hydrogen (secondary N) is 2. The Balaban J connectivity index is 2.06. The zero-order valence-electron chi connectivity index (χ0n) is 15.3. The van der Waals surface area contributed by atoms with Crippen molar-refractivity contribution in [3.63, 3.8) is 0 Å². The minimum atomic E-state index is -0.581. The Hall–Kier alpha value is -3.09. The third-order valence-corrected chi connectivity index (χ3v) is 3.09. The van der Waals surface area contributed by atoms with Gasteiger partial charge in [-0.25, -0.2) is 14.6 Å². The molecule has 0 fully saturated rings. The summed E-state index contributed by atoms with van der Waals surface area (Å²) in [7, 11) is 0. The van der Waals surface area contributed by atoms with Crippen LogP contribution in [0.2, 0.25) is 0 Å². The fraction of sp³-hybridized carbons (Fsp3) is 0.316. The van der Waals surface area contributed by atoms with Gasteiger partial charge in [0.15, 0.2) is 0 Å². The maximum absolute atomic E-state index is 12.0. The lowest BCUT2D eigenvalue weighted by Crippen LogP contribution is -2.27. The number of pyridine rings is 1. The van der Waals surface area contributed by atoms with Gasteiger partial charge in [0.1, 0.15) is 11.4 Å². The summed E-state index contributed by atoms with van der Waals surface area (Å²) < 4.78 is 10.2. The highest BCUT2D eigenvalue weighted by Gasteiger charge is 2.16. The lowest BCUT2D eigenvalue weighted by molar-refractivity contribution is 0.0526. The van der Waals surface area contributed by atoms with Crippen LogP contribution in [0.3, 0.4) is 0 Å². The zero-order valence-corrected chi connectivity index (χ0v) is 15.3. The number of amides is 1. The molecule has 7 heteroatoms. The molecule has 0 spiro atoms. The summed E-state index contributed by atoms with van der Waals surface area (Å²) >= 11 is 0. The van der Waals surface area contributed by atoms with Gasteiger partial charge in [0, 0.05) is 0 Å². The summed E-state index contributed by atoms with van der Waals surface area (Å²) in [5.41, 5.74) is 1.13. The van der Waals surface area contributed by atoms with Gasteiger partial charge < -0.3 is 14.8 Å². The minimum absolute atomic E-state index is 0.305. The first-order chi connectivity index (χ1) is 12.3. The predicted molar refractivity (Wildman–Crippen MR) is 99.8 cm³/mol. The standard InChI is InChI=1S/C19H23N3O4/c1-5-25-17(23)14-8-6-7-9-15(14)21-13-10-11-16(20-12-13)22-18(24)26-19(2,3)4/h6-12,21H,5H2,1-4H3,(H,20,22,24). The molecular formula is C19H23N3O4. The number of anilines is 3. The average molecular weight is 357 g/mol. The molecule has 7 nitrogen and oxygen atoms in total. The lowest BCUT2D eigenvalue weighted by Gasteiger charge is -2.19. The van der Waals surface area contributed by atoms with Gasteiger partial charge in [-0.15, -0.1) is 0 Å². The Morgan fingerprint density at radius 3 is 2.46 bits per heavy atom. The molecule has 1 amide bonds. The average Bonchev–Trinajstić information content (AvgIpc) is 2.55. The van der Waals surface area contributed by atoms with Crippen LogP contribution in [0.25, 0.3) is 0 Å². The quantitative estimate of drug-likeness (QED) is 0.773. The van der Waals surface area contributed by atoms with Crippen molar-refractivity contribution in [1.29, 1.82) is 0 Å². The van der Waals surface area contributed by atoms with Gasteiger partial charge in [-0.1, -0.05) is 12.1 Å². The Morgan fingerprint density at radius 1 is 1.12 bits per heavy atom. The van der Waals surface area contributed by atoms with Crippen LogP contribution >= 0.6 is 0 Å². The summed E-state index contributed by atoms with van der Waals surface area (Å²) in [6, 6.07) is 10.4. The molecular weight excluding hydrogens is 334 g/mol. The number of esters is 1. The molecule has 0 aliphatic rings. The van der Waals surface area contributed by atoms with Crippen molar-refractivity contribution in [2.45, 2.75) is 33.3 Å². The first-order valence-corrected chi connectivity index (χ1v) is 8.27. The number of para-hydroxylation sites is 1. The van der Waals surface area contributed by atoms with Gasteiger partial charge >= 0.3 is 12.1 Å². The smallest absolute Gasteiger partial charge is 0.413 e. The van der Waals surface area contributed by atoms with E-state index in [0.29, 0.717) is 29.4 Å². The van der Waals surface area contributed by atoms with Crippen molar-refractivity contribution in [1.82, 2.24) is 4.98 Å². The third-order valence-electron chi connectivity index (χ3n) is 3.09. The first kappa shape index (κ1) is 19.2. The molecule has 0 atom stereocenters. The normalized spacial score (nSPS) is 10.8. The molecule has 0 aliphatic heterocycles. The van der Waals surface area contributed by atoms with E-state index in [0.717, 1.165) is 0 Å². The maximum atomic E-state index is 12.0. The minimum Gasteiger partial charge on any atom is -0.462 e. The van der Waals surface area contributed by atoms with E-state index in [9.17, 15) is 9.59 Å². The Morgan fingerprint density at radius 2 is 1.85 bits per heavy atom. The van der Waals surface area contributed by atoms with Gasteiger partial charge in [0.2, 0.25) is 0 Å². The van der Waals surface area contributed by atoms with Gasteiger partial charge in [-0.2, -0.15) is 0 Å². The van der Waals surface area contributed by atoms with Crippen LogP contribution in [-0.4, -0.2) is 29.3 Å². The Labute approximate surface area is 152 Å². The fourth-order valence-corrected chi connectivity index (χ4v) is 2.08. The van der Waals surface area contributed by atoms with Crippen LogP contribution in [0.5, 0.6) is 0 Å². The van der Waals surface area contributed by atoms with E-state index in [1.165, 1.54) is 0 Å². The second-order valence-corrected chi connectivity index (χ2v) is 6.45. The van der Waals surface area contributed by atoms with Crippen LogP contribution < -0.4 is 10.6 Å². The van der Waals surface area contributed by atoms with Crippen molar-refractivity contribution in [3.8, 4) is 0 Å². The van der Waals surface area contributed by atoms with E-state index in [4.69, 9.17) is 9.47 Å². The van der Waals surface area contributed by atoms with E-state index in [2.05, 4.69) is 15.6 Å². The number of hydrogen-bond acceptors (Lipinski definition) is 6. The molecule has 1 aromatic carbocycles. The molecule has 0 unspecified atom stereocenters. The van der Waals surface area contributed by atoms with Crippen LogP contribution in [-0.2, 0) is 9.47 Å². The van der Waals surface area contributed by atoms with Crippen molar-refractivity contribution in [3.05, 3.63) is 48.2 Å². The molecule has 0 saturated carbocycles. The number of carbonyl (C=O) groups excluding carboxylic acids is 2. The molecule has 2 rings (SSSR count). The van der Waals surface area contributed by atoms with Crippen molar-refractivity contribution < 1.29 is 19.1 Å². The van der Waals surface area contributed by atoms with Crippen LogP contribution in [0.4, 0.5) is 22.0 Å². The summed E-state index contributed by atoms with van der Waals surface area (Å²) in [4.78, 5) is 27.9. The van der Waals surface area contributed by atoms with Crippen LogP contribution in [0, 0.1) is 0 Å². The summed E-state index contributed by atoms with van der Waals surface area (Å²) in [5.74, 6) is -0.0322.